The molecule has 0 radical (unpaired) electrons. The fourth-order valence-corrected chi connectivity index (χ4v) is 3.41. The predicted octanol–water partition coefficient (Wildman–Crippen LogP) is 1.91. The zero-order chi connectivity index (χ0) is 21.8. The average molecular weight is 556 g/mol. The van der Waals surface area contributed by atoms with Crippen LogP contribution in [0.5, 0.6) is 0 Å². The van der Waals surface area contributed by atoms with Gasteiger partial charge in [0.2, 0.25) is 0 Å². The Balaban J connectivity index is 0.00000480. The number of piperazine rings is 1. The van der Waals surface area contributed by atoms with Gasteiger partial charge in [0.05, 0.1) is 12.7 Å². The zero-order valence-electron chi connectivity index (χ0n) is 19.7. The molecular formula is C21H42IN5O4. The molecular weight excluding hydrogens is 513 g/mol. The third-order valence-electron chi connectivity index (χ3n) is 5.05. The van der Waals surface area contributed by atoms with Gasteiger partial charge in [-0.2, -0.15) is 0 Å². The fourth-order valence-electron chi connectivity index (χ4n) is 3.41. The van der Waals surface area contributed by atoms with E-state index in [1.807, 2.05) is 20.8 Å². The van der Waals surface area contributed by atoms with Crippen molar-refractivity contribution in [1.82, 2.24) is 20.4 Å². The molecule has 10 heteroatoms. The average Bonchev–Trinajstić information content (AvgIpc) is 3.22. The number of nitrogens with zero attached hydrogens (tertiary/aromatic N) is 3. The lowest BCUT2D eigenvalue weighted by molar-refractivity contribution is 0.0147. The van der Waals surface area contributed by atoms with E-state index in [9.17, 15) is 4.79 Å². The van der Waals surface area contributed by atoms with E-state index >= 15 is 0 Å². The predicted molar refractivity (Wildman–Crippen MR) is 133 cm³/mol. The number of guanidine groups is 1. The molecule has 0 aliphatic carbocycles. The van der Waals surface area contributed by atoms with Crippen molar-refractivity contribution in [3.05, 3.63) is 0 Å². The Morgan fingerprint density at radius 2 is 1.87 bits per heavy atom. The van der Waals surface area contributed by atoms with Gasteiger partial charge in [-0.05, 0) is 40.0 Å². The number of amides is 1. The van der Waals surface area contributed by atoms with Crippen LogP contribution in [0, 0.1) is 0 Å². The number of hydrogen-bond acceptors (Lipinski definition) is 6. The molecule has 0 aromatic heterocycles. The first kappa shape index (κ1) is 28.2. The number of rotatable bonds is 9. The summed E-state index contributed by atoms with van der Waals surface area (Å²) >= 11 is 0. The Labute approximate surface area is 204 Å². The molecule has 2 aliphatic rings. The third-order valence-corrected chi connectivity index (χ3v) is 5.05. The molecule has 2 N–H and O–H groups in total. The van der Waals surface area contributed by atoms with Crippen LogP contribution >= 0.6 is 24.0 Å². The van der Waals surface area contributed by atoms with E-state index in [0.717, 1.165) is 71.2 Å². The highest BCUT2D eigenvalue weighted by Crippen LogP contribution is 2.12. The van der Waals surface area contributed by atoms with Crippen molar-refractivity contribution in [2.45, 2.75) is 51.7 Å². The molecule has 0 spiro atoms. The summed E-state index contributed by atoms with van der Waals surface area (Å²) in [6.45, 7) is 13.6. The lowest BCUT2D eigenvalue weighted by atomic mass is 10.2. The highest BCUT2D eigenvalue weighted by atomic mass is 127. The van der Waals surface area contributed by atoms with Crippen molar-refractivity contribution in [1.29, 1.82) is 0 Å². The number of nitrogens with one attached hydrogen (secondary N) is 2. The topological polar surface area (TPSA) is 87.7 Å². The van der Waals surface area contributed by atoms with E-state index in [1.165, 1.54) is 0 Å². The van der Waals surface area contributed by atoms with Gasteiger partial charge in [0.15, 0.2) is 5.96 Å². The molecule has 31 heavy (non-hydrogen) atoms. The van der Waals surface area contributed by atoms with Gasteiger partial charge in [0.1, 0.15) is 5.60 Å². The van der Waals surface area contributed by atoms with Gasteiger partial charge < -0.3 is 29.7 Å². The van der Waals surface area contributed by atoms with Crippen molar-refractivity contribution in [3.8, 4) is 0 Å². The summed E-state index contributed by atoms with van der Waals surface area (Å²) in [6, 6.07) is 0. The molecule has 2 rings (SSSR count). The molecule has 1 amide bonds. The molecule has 1 atom stereocenters. The number of halogens is 1. The van der Waals surface area contributed by atoms with Crippen LogP contribution in [-0.2, 0) is 14.2 Å². The van der Waals surface area contributed by atoms with Crippen LogP contribution in [0.3, 0.4) is 0 Å². The maximum atomic E-state index is 12.1. The molecule has 2 aliphatic heterocycles. The summed E-state index contributed by atoms with van der Waals surface area (Å²) in [5.74, 6) is 0.807. The van der Waals surface area contributed by atoms with Gasteiger partial charge in [0.25, 0.3) is 0 Å². The monoisotopic (exact) mass is 555 g/mol. The normalized spacial score (nSPS) is 20.3. The van der Waals surface area contributed by atoms with Gasteiger partial charge in [-0.25, -0.2) is 4.79 Å². The number of carbonyl (C=O) groups excluding carboxylic acids is 1. The largest absolute Gasteiger partial charge is 0.444 e. The van der Waals surface area contributed by atoms with Crippen LogP contribution in [0.1, 0.15) is 40.0 Å². The van der Waals surface area contributed by atoms with Gasteiger partial charge in [-0.3, -0.25) is 9.89 Å². The Morgan fingerprint density at radius 1 is 1.16 bits per heavy atom. The van der Waals surface area contributed by atoms with Crippen molar-refractivity contribution in [2.24, 2.45) is 4.99 Å². The minimum Gasteiger partial charge on any atom is -0.444 e. The lowest BCUT2D eigenvalue weighted by Crippen LogP contribution is -2.51. The van der Waals surface area contributed by atoms with E-state index in [-0.39, 0.29) is 30.1 Å². The van der Waals surface area contributed by atoms with Crippen LogP contribution in [-0.4, -0.2) is 106 Å². The summed E-state index contributed by atoms with van der Waals surface area (Å²) in [7, 11) is 1.78. The van der Waals surface area contributed by atoms with Crippen molar-refractivity contribution < 1.29 is 19.0 Å². The zero-order valence-corrected chi connectivity index (χ0v) is 22.0. The molecule has 9 nitrogen and oxygen atoms in total. The molecule has 2 saturated heterocycles. The second kappa shape index (κ2) is 15.1. The number of aliphatic imine (C=N–C) groups is 1. The van der Waals surface area contributed by atoms with E-state index in [2.05, 4.69) is 20.5 Å². The first-order valence-corrected chi connectivity index (χ1v) is 11.2. The lowest BCUT2D eigenvalue weighted by Gasteiger charge is -2.35. The summed E-state index contributed by atoms with van der Waals surface area (Å²) in [6.07, 6.45) is 3.27. The van der Waals surface area contributed by atoms with Crippen molar-refractivity contribution >= 4 is 36.0 Å². The van der Waals surface area contributed by atoms with Crippen molar-refractivity contribution in [2.75, 3.05) is 72.7 Å². The maximum absolute atomic E-state index is 12.1. The summed E-state index contributed by atoms with van der Waals surface area (Å²) in [5, 5.41) is 6.67. The van der Waals surface area contributed by atoms with Crippen molar-refractivity contribution in [3.63, 3.8) is 0 Å². The van der Waals surface area contributed by atoms with Crippen LogP contribution in [0.4, 0.5) is 4.79 Å². The van der Waals surface area contributed by atoms with E-state index in [4.69, 9.17) is 14.2 Å². The molecule has 2 fully saturated rings. The summed E-state index contributed by atoms with van der Waals surface area (Å²) in [5.41, 5.74) is -0.447. The molecule has 0 aromatic rings. The number of hydrogen-bond donors (Lipinski definition) is 2. The standard InChI is InChI=1S/C21H41N5O4.HI/c1-21(2,3)30-20(27)26-13-11-25(12-14-26)10-9-24-19(22-4)23-8-6-15-28-17-18-7-5-16-29-18;/h18H,5-17H2,1-4H3,(H2,22,23,24);1H. The van der Waals surface area contributed by atoms with Gasteiger partial charge in [-0.15, -0.1) is 24.0 Å². The Bertz CT molecular complexity index is 530. The van der Waals surface area contributed by atoms with Crippen LogP contribution in [0.2, 0.25) is 0 Å². The first-order valence-electron chi connectivity index (χ1n) is 11.2. The highest BCUT2D eigenvalue weighted by Gasteiger charge is 2.25. The van der Waals surface area contributed by atoms with E-state index < -0.39 is 5.60 Å². The molecule has 1 unspecified atom stereocenters. The van der Waals surface area contributed by atoms with Gasteiger partial charge in [-0.1, -0.05) is 0 Å². The third kappa shape index (κ3) is 12.1. The SMILES string of the molecule is CN=C(NCCCOCC1CCCO1)NCCN1CCN(C(=O)OC(C)(C)C)CC1.I. The Morgan fingerprint density at radius 3 is 2.48 bits per heavy atom. The Kier molecular flexibility index (Phi) is 13.7. The summed E-state index contributed by atoms with van der Waals surface area (Å²) in [4.78, 5) is 20.5. The summed E-state index contributed by atoms with van der Waals surface area (Å²) < 4.78 is 16.7. The second-order valence-electron chi connectivity index (χ2n) is 8.80. The van der Waals surface area contributed by atoms with Gasteiger partial charge >= 0.3 is 6.09 Å². The van der Waals surface area contributed by atoms with E-state index in [0.29, 0.717) is 25.8 Å². The Hall–Kier alpha value is -0.850. The molecule has 182 valence electrons. The van der Waals surface area contributed by atoms with Gasteiger partial charge in [0, 0.05) is 66.1 Å². The van der Waals surface area contributed by atoms with Crippen LogP contribution in [0.25, 0.3) is 0 Å². The second-order valence-corrected chi connectivity index (χ2v) is 8.80. The minimum atomic E-state index is -0.447. The highest BCUT2D eigenvalue weighted by molar-refractivity contribution is 14.0. The molecule has 0 aromatic carbocycles. The first-order chi connectivity index (χ1) is 14.4. The molecule has 0 saturated carbocycles. The molecule has 0 bridgehead atoms. The van der Waals surface area contributed by atoms with Crippen LogP contribution in [0.15, 0.2) is 4.99 Å². The smallest absolute Gasteiger partial charge is 0.410 e. The molecule has 2 heterocycles. The van der Waals surface area contributed by atoms with Crippen LogP contribution < -0.4 is 10.6 Å². The quantitative estimate of drug-likeness (QED) is 0.195. The number of carbonyl (C=O) groups is 1. The number of ether oxygens (including phenoxy) is 3. The minimum absolute atomic E-state index is 0. The van der Waals surface area contributed by atoms with E-state index in [1.54, 1.807) is 11.9 Å². The fraction of sp³-hybridized carbons (Fsp3) is 0.905. The maximum Gasteiger partial charge on any atom is 0.410 e.